The standard InChI is InChI=1S/C21H22N2O7/c1-4-18(14-7-5-13(2)6-8-14)22-19(24)12-30-21(26)16-9-15(20(25)29-3)10-17(11-16)23(27)28/h5-11,18H,4,12H2,1-3H3,(H,22,24)/t18-/m0/s1. The molecule has 0 unspecified atom stereocenters. The van der Waals surface area contributed by atoms with E-state index in [1.54, 1.807) is 0 Å². The first-order valence-corrected chi connectivity index (χ1v) is 9.16. The van der Waals surface area contributed by atoms with E-state index in [0.29, 0.717) is 6.42 Å². The van der Waals surface area contributed by atoms with Gasteiger partial charge in [-0.25, -0.2) is 9.59 Å². The van der Waals surface area contributed by atoms with Gasteiger partial charge in [-0.1, -0.05) is 36.8 Å². The lowest BCUT2D eigenvalue weighted by molar-refractivity contribution is -0.384. The van der Waals surface area contributed by atoms with E-state index in [4.69, 9.17) is 4.74 Å². The summed E-state index contributed by atoms with van der Waals surface area (Å²) in [6.45, 7) is 3.30. The normalized spacial score (nSPS) is 11.3. The van der Waals surface area contributed by atoms with Crippen LogP contribution in [0.15, 0.2) is 42.5 Å². The van der Waals surface area contributed by atoms with Crippen LogP contribution < -0.4 is 5.32 Å². The monoisotopic (exact) mass is 414 g/mol. The molecule has 9 heteroatoms. The van der Waals surface area contributed by atoms with Gasteiger partial charge in [0.2, 0.25) is 0 Å². The maximum absolute atomic E-state index is 12.3. The zero-order valence-electron chi connectivity index (χ0n) is 16.8. The molecule has 0 bridgehead atoms. The van der Waals surface area contributed by atoms with Gasteiger partial charge >= 0.3 is 11.9 Å². The first-order chi connectivity index (χ1) is 14.2. The van der Waals surface area contributed by atoms with E-state index >= 15 is 0 Å². The third-order valence-corrected chi connectivity index (χ3v) is 4.34. The number of hydrogen-bond acceptors (Lipinski definition) is 7. The molecule has 0 aromatic heterocycles. The fourth-order valence-electron chi connectivity index (χ4n) is 2.74. The van der Waals surface area contributed by atoms with Crippen LogP contribution in [0.5, 0.6) is 0 Å². The second kappa shape index (κ2) is 10.1. The van der Waals surface area contributed by atoms with Crippen molar-refractivity contribution >= 4 is 23.5 Å². The Morgan fingerprint density at radius 2 is 1.67 bits per heavy atom. The van der Waals surface area contributed by atoms with Crippen molar-refractivity contribution in [1.29, 1.82) is 0 Å². The predicted molar refractivity (Wildman–Crippen MR) is 107 cm³/mol. The molecule has 0 aliphatic heterocycles. The van der Waals surface area contributed by atoms with Gasteiger partial charge in [-0.2, -0.15) is 0 Å². The minimum atomic E-state index is -0.970. The van der Waals surface area contributed by atoms with Crippen molar-refractivity contribution in [1.82, 2.24) is 5.32 Å². The summed E-state index contributed by atoms with van der Waals surface area (Å²) in [5.74, 6) is -2.33. The van der Waals surface area contributed by atoms with E-state index in [0.717, 1.165) is 36.4 Å². The molecule has 0 aliphatic rings. The highest BCUT2D eigenvalue weighted by Crippen LogP contribution is 2.19. The Labute approximate surface area is 173 Å². The van der Waals surface area contributed by atoms with Crippen molar-refractivity contribution in [3.63, 3.8) is 0 Å². The highest BCUT2D eigenvalue weighted by molar-refractivity contribution is 5.97. The third-order valence-electron chi connectivity index (χ3n) is 4.34. The van der Waals surface area contributed by atoms with Gasteiger partial charge < -0.3 is 14.8 Å². The molecule has 0 radical (unpaired) electrons. The minimum absolute atomic E-state index is 0.173. The molecule has 9 nitrogen and oxygen atoms in total. The molecule has 0 spiro atoms. The number of non-ortho nitro benzene ring substituents is 1. The molecule has 1 atom stereocenters. The fourth-order valence-corrected chi connectivity index (χ4v) is 2.74. The molecule has 1 N–H and O–H groups in total. The van der Waals surface area contributed by atoms with Crippen molar-refractivity contribution < 1.29 is 28.8 Å². The summed E-state index contributed by atoms with van der Waals surface area (Å²) >= 11 is 0. The number of nitro groups is 1. The summed E-state index contributed by atoms with van der Waals surface area (Å²) in [5.41, 5.74) is 1.14. The molecular formula is C21H22N2O7. The Morgan fingerprint density at radius 1 is 1.07 bits per heavy atom. The summed E-state index contributed by atoms with van der Waals surface area (Å²) in [4.78, 5) is 46.5. The summed E-state index contributed by atoms with van der Waals surface area (Å²) < 4.78 is 9.50. The lowest BCUT2D eigenvalue weighted by Gasteiger charge is -2.17. The molecule has 1 amide bonds. The number of methoxy groups -OCH3 is 1. The van der Waals surface area contributed by atoms with E-state index in [-0.39, 0.29) is 17.2 Å². The number of nitrogens with one attached hydrogen (secondary N) is 1. The van der Waals surface area contributed by atoms with E-state index in [1.807, 2.05) is 38.1 Å². The van der Waals surface area contributed by atoms with E-state index < -0.39 is 35.1 Å². The second-order valence-electron chi connectivity index (χ2n) is 6.53. The van der Waals surface area contributed by atoms with Gasteiger partial charge in [0.1, 0.15) is 0 Å². The number of amides is 1. The van der Waals surface area contributed by atoms with Crippen molar-refractivity contribution in [2.45, 2.75) is 26.3 Å². The lowest BCUT2D eigenvalue weighted by atomic mass is 10.0. The van der Waals surface area contributed by atoms with Crippen molar-refractivity contribution in [2.24, 2.45) is 0 Å². The maximum Gasteiger partial charge on any atom is 0.338 e. The van der Waals surface area contributed by atoms with Gasteiger partial charge in [0.15, 0.2) is 6.61 Å². The van der Waals surface area contributed by atoms with E-state index in [1.165, 1.54) is 0 Å². The lowest BCUT2D eigenvalue weighted by Crippen LogP contribution is -2.32. The molecule has 158 valence electrons. The van der Waals surface area contributed by atoms with Crippen molar-refractivity contribution in [3.8, 4) is 0 Å². The molecule has 30 heavy (non-hydrogen) atoms. The molecule has 0 fully saturated rings. The number of nitrogens with zero attached hydrogens (tertiary/aromatic N) is 1. The summed E-state index contributed by atoms with van der Waals surface area (Å²) in [6, 6.07) is 10.5. The minimum Gasteiger partial charge on any atom is -0.465 e. The molecule has 0 saturated heterocycles. The quantitative estimate of drug-likeness (QED) is 0.400. The number of carbonyl (C=O) groups excluding carboxylic acids is 3. The highest BCUT2D eigenvalue weighted by Gasteiger charge is 2.20. The van der Waals surface area contributed by atoms with Crippen LogP contribution in [0, 0.1) is 17.0 Å². The Morgan fingerprint density at radius 3 is 2.20 bits per heavy atom. The molecule has 0 aliphatic carbocycles. The van der Waals surface area contributed by atoms with Crippen molar-refractivity contribution in [2.75, 3.05) is 13.7 Å². The Bertz CT molecular complexity index is 954. The van der Waals surface area contributed by atoms with Crippen LogP contribution in [0.2, 0.25) is 0 Å². The van der Waals surface area contributed by atoms with Crippen LogP contribution in [0.25, 0.3) is 0 Å². The number of nitro benzene ring substituents is 1. The number of rotatable bonds is 8. The largest absolute Gasteiger partial charge is 0.465 e. The van der Waals surface area contributed by atoms with Gasteiger partial charge in [0.25, 0.3) is 11.6 Å². The van der Waals surface area contributed by atoms with Crippen LogP contribution in [0.4, 0.5) is 5.69 Å². The average Bonchev–Trinajstić information content (AvgIpc) is 2.75. The number of hydrogen-bond donors (Lipinski definition) is 1. The topological polar surface area (TPSA) is 125 Å². The number of carbonyl (C=O) groups is 3. The van der Waals surface area contributed by atoms with Gasteiger partial charge in [0.05, 0.1) is 29.2 Å². The summed E-state index contributed by atoms with van der Waals surface area (Å²) in [7, 11) is 1.11. The zero-order valence-corrected chi connectivity index (χ0v) is 16.8. The maximum atomic E-state index is 12.3. The second-order valence-corrected chi connectivity index (χ2v) is 6.53. The van der Waals surface area contributed by atoms with Crippen molar-refractivity contribution in [3.05, 3.63) is 74.8 Å². The first-order valence-electron chi connectivity index (χ1n) is 9.16. The van der Waals surface area contributed by atoms with E-state index in [2.05, 4.69) is 10.1 Å². The molecule has 2 aromatic carbocycles. The number of benzene rings is 2. The van der Waals surface area contributed by atoms with Gasteiger partial charge in [-0.15, -0.1) is 0 Å². The van der Waals surface area contributed by atoms with Crippen LogP contribution >= 0.6 is 0 Å². The van der Waals surface area contributed by atoms with E-state index in [9.17, 15) is 24.5 Å². The Hall–Kier alpha value is -3.75. The Balaban J connectivity index is 2.06. The molecule has 0 heterocycles. The fraction of sp³-hybridized carbons (Fsp3) is 0.286. The molecular weight excluding hydrogens is 392 g/mol. The first kappa shape index (κ1) is 22.5. The summed E-state index contributed by atoms with van der Waals surface area (Å²) in [5, 5.41) is 13.8. The van der Waals surface area contributed by atoms with Crippen LogP contribution in [0.3, 0.4) is 0 Å². The smallest absolute Gasteiger partial charge is 0.338 e. The number of esters is 2. The zero-order chi connectivity index (χ0) is 22.3. The highest BCUT2D eigenvalue weighted by atomic mass is 16.6. The van der Waals surface area contributed by atoms with Gasteiger partial charge in [-0.3, -0.25) is 14.9 Å². The molecule has 2 aromatic rings. The predicted octanol–water partition coefficient (Wildman–Crippen LogP) is 3.11. The molecule has 0 saturated carbocycles. The van der Waals surface area contributed by atoms with Gasteiger partial charge in [0, 0.05) is 12.1 Å². The number of aryl methyl sites for hydroxylation is 1. The SMILES string of the molecule is CC[C@H](NC(=O)COC(=O)c1cc(C(=O)OC)cc([N+](=O)[O-])c1)c1ccc(C)cc1. The molecule has 2 rings (SSSR count). The number of ether oxygens (including phenoxy) is 2. The third kappa shape index (κ3) is 5.87. The Kier molecular flexibility index (Phi) is 7.62. The summed E-state index contributed by atoms with van der Waals surface area (Å²) in [6.07, 6.45) is 0.635. The van der Waals surface area contributed by atoms with Gasteiger partial charge in [-0.05, 0) is 25.0 Å². The van der Waals surface area contributed by atoms with Crippen LogP contribution in [0.1, 0.15) is 51.2 Å². The average molecular weight is 414 g/mol. The van der Waals surface area contributed by atoms with Crippen LogP contribution in [-0.4, -0.2) is 36.5 Å². The van der Waals surface area contributed by atoms with Crippen LogP contribution in [-0.2, 0) is 14.3 Å².